The van der Waals surface area contributed by atoms with Crippen molar-refractivity contribution in [2.24, 2.45) is 5.73 Å². The minimum absolute atomic E-state index is 0.0594. The van der Waals surface area contributed by atoms with Gasteiger partial charge >= 0.3 is 0 Å². The van der Waals surface area contributed by atoms with Crippen LogP contribution < -0.4 is 10.5 Å². The largest absolute Gasteiger partial charge is 0.457 e. The highest BCUT2D eigenvalue weighted by Crippen LogP contribution is 2.25. The Labute approximate surface area is 151 Å². The van der Waals surface area contributed by atoms with E-state index in [0.717, 1.165) is 23.5 Å². The van der Waals surface area contributed by atoms with Gasteiger partial charge in [0.05, 0.1) is 5.56 Å². The molecular formula is C19H21FN2O2S. The minimum Gasteiger partial charge on any atom is -0.457 e. The van der Waals surface area contributed by atoms with Gasteiger partial charge in [0.2, 0.25) is 0 Å². The number of carbonyl (C=O) groups excluding carboxylic acids is 1. The number of nitrogens with zero attached hydrogens (tertiary/aromatic N) is 1. The summed E-state index contributed by atoms with van der Waals surface area (Å²) in [4.78, 5) is 14.2. The predicted octanol–water partition coefficient (Wildman–Crippen LogP) is 3.31. The summed E-state index contributed by atoms with van der Waals surface area (Å²) in [5.74, 6) is 2.07. The molecule has 0 saturated carbocycles. The Hall–Kier alpha value is -2.05. The predicted molar refractivity (Wildman–Crippen MR) is 98.9 cm³/mol. The third-order valence-electron chi connectivity index (χ3n) is 4.06. The van der Waals surface area contributed by atoms with E-state index in [4.69, 9.17) is 10.5 Å². The van der Waals surface area contributed by atoms with Gasteiger partial charge in [0.1, 0.15) is 17.3 Å². The molecule has 0 aliphatic carbocycles. The molecular weight excluding hydrogens is 339 g/mol. The number of halogens is 1. The summed E-state index contributed by atoms with van der Waals surface area (Å²) >= 11 is 1.80. The van der Waals surface area contributed by atoms with Gasteiger partial charge in [-0.3, -0.25) is 4.79 Å². The molecule has 0 unspecified atom stereocenters. The molecule has 2 aromatic rings. The first-order valence-electron chi connectivity index (χ1n) is 8.31. The number of ether oxygens (including phenoxy) is 1. The van der Waals surface area contributed by atoms with Gasteiger partial charge in [0.15, 0.2) is 0 Å². The minimum atomic E-state index is -0.520. The molecule has 3 rings (SSSR count). The highest BCUT2D eigenvalue weighted by atomic mass is 32.2. The first kappa shape index (κ1) is 17.8. The maximum Gasteiger partial charge on any atom is 0.257 e. The van der Waals surface area contributed by atoms with Crippen LogP contribution in [0.4, 0.5) is 4.39 Å². The fourth-order valence-corrected chi connectivity index (χ4v) is 3.60. The summed E-state index contributed by atoms with van der Waals surface area (Å²) in [6.07, 6.45) is 0.809. The van der Waals surface area contributed by atoms with Crippen LogP contribution in [0.2, 0.25) is 0 Å². The molecule has 25 heavy (non-hydrogen) atoms. The fraction of sp³-hybridized carbons (Fsp3) is 0.316. The van der Waals surface area contributed by atoms with Crippen molar-refractivity contribution >= 4 is 17.7 Å². The van der Waals surface area contributed by atoms with Crippen molar-refractivity contribution in [3.8, 4) is 11.5 Å². The van der Waals surface area contributed by atoms with Crippen LogP contribution in [-0.2, 0) is 6.42 Å². The Kier molecular flexibility index (Phi) is 5.94. The zero-order valence-electron chi connectivity index (χ0n) is 13.9. The monoisotopic (exact) mass is 360 g/mol. The van der Waals surface area contributed by atoms with Crippen molar-refractivity contribution in [2.75, 3.05) is 31.1 Å². The van der Waals surface area contributed by atoms with Crippen LogP contribution in [0.25, 0.3) is 0 Å². The third-order valence-corrected chi connectivity index (χ3v) is 5.00. The molecule has 132 valence electrons. The normalized spacial score (nSPS) is 14.4. The Balaban J connectivity index is 1.75. The number of carbonyl (C=O) groups is 1. The van der Waals surface area contributed by atoms with E-state index in [1.54, 1.807) is 16.7 Å². The Bertz CT molecular complexity index is 731. The van der Waals surface area contributed by atoms with Crippen LogP contribution in [0, 0.1) is 5.82 Å². The molecule has 0 bridgehead atoms. The van der Waals surface area contributed by atoms with Crippen LogP contribution in [0.15, 0.2) is 42.5 Å². The molecule has 1 fully saturated rings. The van der Waals surface area contributed by atoms with Gasteiger partial charge in [-0.1, -0.05) is 12.1 Å². The summed E-state index contributed by atoms with van der Waals surface area (Å²) < 4.78 is 19.9. The zero-order chi connectivity index (χ0) is 17.6. The molecule has 2 N–H and O–H groups in total. The van der Waals surface area contributed by atoms with Gasteiger partial charge in [-0.05, 0) is 48.9 Å². The molecule has 1 aliphatic heterocycles. The van der Waals surface area contributed by atoms with E-state index in [9.17, 15) is 9.18 Å². The van der Waals surface area contributed by atoms with Crippen LogP contribution in [0.3, 0.4) is 0 Å². The maximum absolute atomic E-state index is 14.1. The quantitative estimate of drug-likeness (QED) is 0.889. The number of thioether (sulfide) groups is 1. The fourth-order valence-electron chi connectivity index (χ4n) is 2.70. The smallest absolute Gasteiger partial charge is 0.257 e. The molecule has 1 aliphatic rings. The van der Waals surface area contributed by atoms with Crippen LogP contribution in [0.1, 0.15) is 15.9 Å². The van der Waals surface area contributed by atoms with Gasteiger partial charge in [0, 0.05) is 24.6 Å². The average molecular weight is 360 g/mol. The lowest BCUT2D eigenvalue weighted by atomic mass is 10.1. The van der Waals surface area contributed by atoms with Crippen molar-refractivity contribution in [3.05, 3.63) is 59.4 Å². The second-order valence-corrected chi connectivity index (χ2v) is 7.06. The molecule has 1 amide bonds. The van der Waals surface area contributed by atoms with E-state index >= 15 is 0 Å². The lowest BCUT2D eigenvalue weighted by Gasteiger charge is -2.26. The van der Waals surface area contributed by atoms with Crippen molar-refractivity contribution in [3.63, 3.8) is 0 Å². The maximum atomic E-state index is 14.1. The van der Waals surface area contributed by atoms with Crippen molar-refractivity contribution in [1.29, 1.82) is 0 Å². The summed E-state index contributed by atoms with van der Waals surface area (Å²) in [5, 5.41) is 0. The molecule has 0 spiro atoms. The average Bonchev–Trinajstić information content (AvgIpc) is 2.65. The number of amides is 1. The molecule has 6 heteroatoms. The Morgan fingerprint density at radius 3 is 2.48 bits per heavy atom. The SMILES string of the molecule is NCCc1ccc(Oc2ccc(F)c(C(=O)N3CCSCC3)c2)cc1. The zero-order valence-corrected chi connectivity index (χ0v) is 14.7. The van der Waals surface area contributed by atoms with E-state index < -0.39 is 5.82 Å². The number of nitrogens with two attached hydrogens (primary N) is 1. The van der Waals surface area contributed by atoms with E-state index in [-0.39, 0.29) is 11.5 Å². The van der Waals surface area contributed by atoms with E-state index in [1.165, 1.54) is 18.2 Å². The first-order valence-corrected chi connectivity index (χ1v) is 9.46. The van der Waals surface area contributed by atoms with Gasteiger partial charge in [-0.25, -0.2) is 4.39 Å². The van der Waals surface area contributed by atoms with Crippen molar-refractivity contribution in [1.82, 2.24) is 4.90 Å². The van der Waals surface area contributed by atoms with Crippen LogP contribution in [0.5, 0.6) is 11.5 Å². The van der Waals surface area contributed by atoms with E-state index in [0.29, 0.717) is 31.1 Å². The molecule has 1 heterocycles. The number of rotatable bonds is 5. The van der Waals surface area contributed by atoms with E-state index in [2.05, 4.69) is 0 Å². The molecule has 2 aromatic carbocycles. The summed E-state index contributed by atoms with van der Waals surface area (Å²) in [6, 6.07) is 11.9. The molecule has 0 radical (unpaired) electrons. The number of hydrogen-bond acceptors (Lipinski definition) is 4. The van der Waals surface area contributed by atoms with Crippen LogP contribution in [-0.4, -0.2) is 41.9 Å². The summed E-state index contributed by atoms with van der Waals surface area (Å²) in [6.45, 7) is 1.89. The Morgan fingerprint density at radius 2 is 1.80 bits per heavy atom. The van der Waals surface area contributed by atoms with Gasteiger partial charge in [-0.15, -0.1) is 0 Å². The highest BCUT2D eigenvalue weighted by molar-refractivity contribution is 7.99. The second kappa shape index (κ2) is 8.36. The standard InChI is InChI=1S/C19H21FN2O2S/c20-18-6-5-16(24-15-3-1-14(2-4-15)7-8-21)13-17(18)19(23)22-9-11-25-12-10-22/h1-6,13H,7-12,21H2. The van der Waals surface area contributed by atoms with Gasteiger partial charge in [0.25, 0.3) is 5.91 Å². The first-order chi connectivity index (χ1) is 12.2. The lowest BCUT2D eigenvalue weighted by molar-refractivity contribution is 0.0767. The number of benzene rings is 2. The number of hydrogen-bond donors (Lipinski definition) is 1. The van der Waals surface area contributed by atoms with E-state index in [1.807, 2.05) is 24.3 Å². The molecule has 1 saturated heterocycles. The van der Waals surface area contributed by atoms with Gasteiger partial charge in [-0.2, -0.15) is 11.8 Å². The highest BCUT2D eigenvalue weighted by Gasteiger charge is 2.22. The lowest BCUT2D eigenvalue weighted by Crippen LogP contribution is -2.38. The molecule has 0 aromatic heterocycles. The topological polar surface area (TPSA) is 55.6 Å². The van der Waals surface area contributed by atoms with Crippen molar-refractivity contribution < 1.29 is 13.9 Å². The Morgan fingerprint density at radius 1 is 1.12 bits per heavy atom. The summed E-state index contributed by atoms with van der Waals surface area (Å²) in [7, 11) is 0. The van der Waals surface area contributed by atoms with Crippen molar-refractivity contribution in [2.45, 2.75) is 6.42 Å². The molecule has 0 atom stereocenters. The second-order valence-electron chi connectivity index (χ2n) is 5.83. The van der Waals surface area contributed by atoms with Crippen LogP contribution >= 0.6 is 11.8 Å². The van der Waals surface area contributed by atoms with Gasteiger partial charge < -0.3 is 15.4 Å². The summed E-state index contributed by atoms with van der Waals surface area (Å²) in [5.41, 5.74) is 6.73. The molecule has 4 nitrogen and oxygen atoms in total. The third kappa shape index (κ3) is 4.52.